The molecule has 0 fully saturated rings. The highest BCUT2D eigenvalue weighted by molar-refractivity contribution is 6.50. The molecule has 2 nitrogen and oxygen atoms in total. The largest absolute Gasteiger partial charge is 0.673 e. The molecule has 1 aliphatic rings. The number of fused-ring (bicyclic) bond motifs is 2. The average Bonchev–Trinajstić information content (AvgIpc) is 3.51. The van der Waals surface area contributed by atoms with Gasteiger partial charge in [0.05, 0.1) is 0 Å². The molecule has 1 N–H and O–H groups in total. The van der Waals surface area contributed by atoms with Gasteiger partial charge in [0, 0.05) is 22.3 Å². The summed E-state index contributed by atoms with van der Waals surface area (Å²) >= 11 is 0. The maximum atomic E-state index is 9.75. The van der Waals surface area contributed by atoms with Crippen LogP contribution in [0.5, 0.6) is 0 Å². The van der Waals surface area contributed by atoms with Gasteiger partial charge < -0.3 is 17.3 Å². The van der Waals surface area contributed by atoms with Gasteiger partial charge >= 0.3 is 7.25 Å². The Kier molecular flexibility index (Phi) is 9.41. The van der Waals surface area contributed by atoms with Crippen molar-refractivity contribution in [1.29, 1.82) is 0 Å². The molecule has 0 radical (unpaired) electrons. The zero-order chi connectivity index (χ0) is 34.0. The first-order chi connectivity index (χ1) is 23.0. The number of halogens is 4. The van der Waals surface area contributed by atoms with Crippen LogP contribution < -0.4 is 9.89 Å². The van der Waals surface area contributed by atoms with Crippen molar-refractivity contribution in [3.63, 3.8) is 0 Å². The molecular formula is C41H39BF4N2. The molecule has 0 aromatic heterocycles. The second kappa shape index (κ2) is 13.7. The molecule has 0 spiro atoms. The van der Waals surface area contributed by atoms with Crippen LogP contribution in [0.2, 0.25) is 0 Å². The molecule has 0 aliphatic carbocycles. The van der Waals surface area contributed by atoms with E-state index in [1.807, 2.05) is 0 Å². The molecule has 0 amide bonds. The van der Waals surface area contributed by atoms with E-state index in [1.165, 1.54) is 60.6 Å². The van der Waals surface area contributed by atoms with Crippen LogP contribution in [0.3, 0.4) is 0 Å². The lowest BCUT2D eigenvalue weighted by atomic mass is 9.84. The first-order valence-electron chi connectivity index (χ1n) is 16.4. The van der Waals surface area contributed by atoms with Crippen molar-refractivity contribution >= 4 is 40.8 Å². The second-order valence-electron chi connectivity index (χ2n) is 12.9. The van der Waals surface area contributed by atoms with Crippen LogP contribution in [-0.4, -0.2) is 13.6 Å². The zero-order valence-corrected chi connectivity index (χ0v) is 27.5. The number of nitrogens with zero attached hydrogens (tertiary/aromatic N) is 1. The standard InChI is InChI=1S/C41H38N2.BF4/c1-27(2)36-24-33(38-34-21-13-11-19-31(34)23-32-20-12-14-22-35(32)38)25-37(28(3)4)41(36)43-26-42-39(29-15-7-5-8-16-29)40(43)30-17-9-6-10-18-30;2-1(3,4)5/h5-28,39-40H,1-4H3;/q;-1/p+1. The van der Waals surface area contributed by atoms with Gasteiger partial charge in [-0.3, -0.25) is 4.99 Å². The molecular weight excluding hydrogens is 607 g/mol. The molecule has 2 atom stereocenters. The molecule has 7 rings (SSSR count). The summed E-state index contributed by atoms with van der Waals surface area (Å²) in [5.74, 6) is 0.684. The molecule has 244 valence electrons. The first-order valence-corrected chi connectivity index (χ1v) is 16.4. The highest BCUT2D eigenvalue weighted by Crippen LogP contribution is 2.46. The Bertz CT molecular complexity index is 1970. The lowest BCUT2D eigenvalue weighted by Gasteiger charge is -2.29. The van der Waals surface area contributed by atoms with Crippen molar-refractivity contribution in [1.82, 2.24) is 0 Å². The fourth-order valence-corrected chi connectivity index (χ4v) is 6.97. The minimum Gasteiger partial charge on any atom is -0.418 e. The maximum absolute atomic E-state index is 9.75. The second-order valence-corrected chi connectivity index (χ2v) is 12.9. The summed E-state index contributed by atoms with van der Waals surface area (Å²) in [6.45, 7) is 9.35. The van der Waals surface area contributed by atoms with E-state index in [4.69, 9.17) is 0 Å². The van der Waals surface area contributed by atoms with Crippen LogP contribution in [0.15, 0.2) is 127 Å². The lowest BCUT2D eigenvalue weighted by molar-refractivity contribution is -0.499. The molecule has 6 aromatic rings. The topological polar surface area (TPSA) is 17.2 Å². The molecule has 0 saturated carbocycles. The van der Waals surface area contributed by atoms with Gasteiger partial charge in [-0.25, -0.2) is 4.90 Å². The van der Waals surface area contributed by atoms with Crippen molar-refractivity contribution < 1.29 is 22.3 Å². The van der Waals surface area contributed by atoms with E-state index in [2.05, 4.69) is 171 Å². The van der Waals surface area contributed by atoms with Crippen molar-refractivity contribution in [3.05, 3.63) is 150 Å². The van der Waals surface area contributed by atoms with E-state index in [1.54, 1.807) is 0 Å². The lowest BCUT2D eigenvalue weighted by Crippen LogP contribution is -2.68. The van der Waals surface area contributed by atoms with E-state index in [0.717, 1.165) is 0 Å². The Morgan fingerprint density at radius 1 is 0.583 bits per heavy atom. The van der Waals surface area contributed by atoms with Crippen molar-refractivity contribution in [3.8, 4) is 11.1 Å². The third-order valence-electron chi connectivity index (χ3n) is 9.04. The van der Waals surface area contributed by atoms with E-state index in [0.29, 0.717) is 11.8 Å². The Labute approximate surface area is 279 Å². The van der Waals surface area contributed by atoms with Crippen LogP contribution in [0.25, 0.3) is 32.7 Å². The summed E-state index contributed by atoms with van der Waals surface area (Å²) in [6.07, 6.45) is 2.23. The third kappa shape index (κ3) is 6.87. The summed E-state index contributed by atoms with van der Waals surface area (Å²) < 4.78 is 39.0. The van der Waals surface area contributed by atoms with Gasteiger partial charge in [0.15, 0.2) is 12.1 Å². The highest BCUT2D eigenvalue weighted by Gasteiger charge is 2.43. The smallest absolute Gasteiger partial charge is 0.418 e. The van der Waals surface area contributed by atoms with E-state index in [-0.39, 0.29) is 12.1 Å². The van der Waals surface area contributed by atoms with Crippen LogP contribution in [-0.2, 0) is 0 Å². The Hall–Kier alpha value is -4.91. The summed E-state index contributed by atoms with van der Waals surface area (Å²) in [5, 5.41) is 5.17. The van der Waals surface area contributed by atoms with Crippen molar-refractivity contribution in [2.75, 3.05) is 4.90 Å². The van der Waals surface area contributed by atoms with Crippen LogP contribution in [0, 0.1) is 0 Å². The Morgan fingerprint density at radius 2 is 1.02 bits per heavy atom. The van der Waals surface area contributed by atoms with Gasteiger partial charge in [-0.15, -0.1) is 0 Å². The number of benzene rings is 6. The van der Waals surface area contributed by atoms with Crippen LogP contribution >= 0.6 is 0 Å². The predicted octanol–water partition coefficient (Wildman–Crippen LogP) is 10.6. The fourth-order valence-electron chi connectivity index (χ4n) is 6.97. The van der Waals surface area contributed by atoms with Gasteiger partial charge in [-0.1, -0.05) is 137 Å². The SMILES string of the molecule is CC(C)c1cc(-c2c3ccccc3cc3ccccc23)cc(C(C)C)c1N1C=[NH+]C(c2ccccc2)C1c1ccccc1.F[B-](F)(F)F. The third-order valence-corrected chi connectivity index (χ3v) is 9.04. The predicted molar refractivity (Wildman–Crippen MR) is 193 cm³/mol. The number of anilines is 1. The maximum Gasteiger partial charge on any atom is 0.673 e. The summed E-state index contributed by atoms with van der Waals surface area (Å²) in [5.41, 5.74) is 9.33. The van der Waals surface area contributed by atoms with Gasteiger partial charge in [0.1, 0.15) is 5.69 Å². The van der Waals surface area contributed by atoms with Crippen molar-refractivity contribution in [2.45, 2.75) is 51.6 Å². The summed E-state index contributed by atoms with van der Waals surface area (Å²) in [7, 11) is -6.00. The Balaban J connectivity index is 0.000000749. The number of nitrogens with one attached hydrogen (secondary N) is 1. The van der Waals surface area contributed by atoms with Crippen molar-refractivity contribution in [2.24, 2.45) is 0 Å². The van der Waals surface area contributed by atoms with Gasteiger partial charge in [0.2, 0.25) is 6.34 Å². The first kappa shape index (κ1) is 33.0. The van der Waals surface area contributed by atoms with E-state index >= 15 is 0 Å². The average molecular weight is 647 g/mol. The summed E-state index contributed by atoms with van der Waals surface area (Å²) in [6, 6.07) is 47.1. The quantitative estimate of drug-likeness (QED) is 0.108. The molecule has 6 aromatic carbocycles. The van der Waals surface area contributed by atoms with E-state index in [9.17, 15) is 17.3 Å². The molecule has 48 heavy (non-hydrogen) atoms. The van der Waals surface area contributed by atoms with Gasteiger partial charge in [0.25, 0.3) is 0 Å². The molecule has 1 aliphatic heterocycles. The van der Waals surface area contributed by atoms with E-state index < -0.39 is 7.25 Å². The van der Waals surface area contributed by atoms with Gasteiger partial charge in [-0.2, -0.15) is 0 Å². The van der Waals surface area contributed by atoms with Crippen LogP contribution in [0.4, 0.5) is 23.0 Å². The molecule has 0 bridgehead atoms. The number of rotatable bonds is 6. The normalized spacial score (nSPS) is 16.2. The molecule has 2 unspecified atom stereocenters. The molecule has 1 heterocycles. The number of hydrogen-bond acceptors (Lipinski definition) is 1. The molecule has 7 heteroatoms. The molecule has 0 saturated heterocycles. The summed E-state index contributed by atoms with van der Waals surface area (Å²) in [4.78, 5) is 6.33. The zero-order valence-electron chi connectivity index (χ0n) is 27.5. The minimum atomic E-state index is -6.00. The minimum absolute atomic E-state index is 0.128. The highest BCUT2D eigenvalue weighted by atomic mass is 19.5. The Morgan fingerprint density at radius 3 is 1.50 bits per heavy atom. The fraction of sp³-hybridized carbons (Fsp3) is 0.195. The monoisotopic (exact) mass is 646 g/mol. The van der Waals surface area contributed by atoms with Crippen LogP contribution in [0.1, 0.15) is 73.9 Å². The number of hydrogen-bond donors (Lipinski definition) is 1. The van der Waals surface area contributed by atoms with Gasteiger partial charge in [-0.05, 0) is 62.7 Å².